The topological polar surface area (TPSA) is 125 Å². The summed E-state index contributed by atoms with van der Waals surface area (Å²) in [6.45, 7) is 0.354. The summed E-state index contributed by atoms with van der Waals surface area (Å²) in [5.41, 5.74) is 0.780. The molecular weight excluding hydrogens is 482 g/mol. The number of amides is 1. The van der Waals surface area contributed by atoms with E-state index < -0.39 is 10.8 Å². The molecule has 2 aromatic heterocycles. The van der Waals surface area contributed by atoms with Gasteiger partial charge in [0.15, 0.2) is 11.0 Å². The van der Waals surface area contributed by atoms with Gasteiger partial charge in [-0.3, -0.25) is 19.5 Å². The fraction of sp³-hybridized carbons (Fsp3) is 0.136. The van der Waals surface area contributed by atoms with Crippen molar-refractivity contribution in [3.05, 3.63) is 81.8 Å². The van der Waals surface area contributed by atoms with Crippen LogP contribution in [-0.2, 0) is 11.3 Å². The third-order valence-electron chi connectivity index (χ3n) is 4.71. The lowest BCUT2D eigenvalue weighted by molar-refractivity contribution is -0.384. The number of thioether (sulfide) groups is 1. The number of nitrogens with one attached hydrogen (secondary N) is 1. The third-order valence-corrected chi connectivity index (χ3v) is 6.00. The number of aromatic nitrogens is 3. The van der Waals surface area contributed by atoms with Gasteiger partial charge in [-0.25, -0.2) is 0 Å². The van der Waals surface area contributed by atoms with Crippen LogP contribution < -0.4 is 10.1 Å². The third kappa shape index (κ3) is 5.38. The van der Waals surface area contributed by atoms with Crippen molar-refractivity contribution in [2.45, 2.75) is 11.7 Å². The number of rotatable bonds is 9. The summed E-state index contributed by atoms with van der Waals surface area (Å²) in [5, 5.41) is 22.9. The van der Waals surface area contributed by atoms with E-state index in [0.29, 0.717) is 29.0 Å². The van der Waals surface area contributed by atoms with Crippen molar-refractivity contribution in [2.24, 2.45) is 0 Å². The van der Waals surface area contributed by atoms with Crippen LogP contribution in [0.3, 0.4) is 0 Å². The Balaban J connectivity index is 1.54. The molecule has 0 bridgehead atoms. The van der Waals surface area contributed by atoms with Crippen LogP contribution in [-0.4, -0.2) is 38.5 Å². The molecule has 1 amide bonds. The molecule has 0 saturated carbocycles. The molecule has 10 nitrogen and oxygen atoms in total. The maximum Gasteiger partial charge on any atom is 0.271 e. The number of furan rings is 1. The zero-order valence-electron chi connectivity index (χ0n) is 17.8. The van der Waals surface area contributed by atoms with Crippen LogP contribution >= 0.6 is 23.4 Å². The average Bonchev–Trinajstić information content (AvgIpc) is 3.49. The number of halogens is 1. The number of hydrogen-bond donors (Lipinski definition) is 1. The summed E-state index contributed by atoms with van der Waals surface area (Å²) in [6, 6.07) is 14.9. The summed E-state index contributed by atoms with van der Waals surface area (Å²) in [7, 11) is 1.58. The molecule has 1 N–H and O–H groups in total. The van der Waals surface area contributed by atoms with Gasteiger partial charge in [-0.1, -0.05) is 35.5 Å². The van der Waals surface area contributed by atoms with Crippen LogP contribution in [0.15, 0.2) is 70.4 Å². The predicted molar refractivity (Wildman–Crippen MR) is 127 cm³/mol. The van der Waals surface area contributed by atoms with E-state index in [0.717, 1.165) is 5.56 Å². The van der Waals surface area contributed by atoms with E-state index in [1.165, 1.54) is 30.0 Å². The second-order valence-corrected chi connectivity index (χ2v) is 8.31. The number of non-ortho nitro benzene ring substituents is 1. The van der Waals surface area contributed by atoms with Gasteiger partial charge in [-0.05, 0) is 30.3 Å². The number of carbonyl (C=O) groups excluding carboxylic acids is 1. The number of nitro benzene ring substituents is 1. The molecule has 174 valence electrons. The molecule has 0 unspecified atom stereocenters. The van der Waals surface area contributed by atoms with E-state index in [2.05, 4.69) is 15.5 Å². The van der Waals surface area contributed by atoms with Gasteiger partial charge in [0.2, 0.25) is 5.91 Å². The Morgan fingerprint density at radius 3 is 2.82 bits per heavy atom. The highest BCUT2D eigenvalue weighted by molar-refractivity contribution is 7.99. The molecule has 4 rings (SSSR count). The van der Waals surface area contributed by atoms with Gasteiger partial charge in [0.05, 0.1) is 41.3 Å². The van der Waals surface area contributed by atoms with Gasteiger partial charge in [0, 0.05) is 17.7 Å². The second kappa shape index (κ2) is 10.4. The predicted octanol–water partition coefficient (Wildman–Crippen LogP) is 4.89. The number of hydrogen-bond acceptors (Lipinski definition) is 8. The summed E-state index contributed by atoms with van der Waals surface area (Å²) in [5.74, 6) is 1.53. The van der Waals surface area contributed by atoms with Crippen molar-refractivity contribution in [2.75, 3.05) is 18.2 Å². The fourth-order valence-electron chi connectivity index (χ4n) is 3.11. The van der Waals surface area contributed by atoms with Crippen molar-refractivity contribution in [1.29, 1.82) is 0 Å². The minimum atomic E-state index is -0.558. The Hall–Kier alpha value is -3.83. The van der Waals surface area contributed by atoms with E-state index in [1.54, 1.807) is 19.4 Å². The Morgan fingerprint density at radius 1 is 1.24 bits per heavy atom. The molecule has 34 heavy (non-hydrogen) atoms. The molecule has 2 aromatic carbocycles. The fourth-order valence-corrected chi connectivity index (χ4v) is 4.01. The highest BCUT2D eigenvalue weighted by Gasteiger charge is 2.18. The number of ether oxygens (including phenoxy) is 1. The second-order valence-electron chi connectivity index (χ2n) is 6.96. The van der Waals surface area contributed by atoms with Crippen LogP contribution in [0.1, 0.15) is 5.76 Å². The Bertz CT molecular complexity index is 1330. The maximum absolute atomic E-state index is 12.6. The Labute approximate surface area is 203 Å². The molecule has 0 fully saturated rings. The number of methoxy groups -OCH3 is 1. The average molecular weight is 500 g/mol. The summed E-state index contributed by atoms with van der Waals surface area (Å²) < 4.78 is 12.6. The van der Waals surface area contributed by atoms with Crippen LogP contribution in [0.2, 0.25) is 5.02 Å². The van der Waals surface area contributed by atoms with E-state index >= 15 is 0 Å². The lowest BCUT2D eigenvalue weighted by atomic mass is 10.2. The van der Waals surface area contributed by atoms with Crippen molar-refractivity contribution in [3.8, 4) is 17.1 Å². The molecular formula is C22H18ClN5O5S. The highest BCUT2D eigenvalue weighted by Crippen LogP contribution is 2.29. The van der Waals surface area contributed by atoms with E-state index in [4.69, 9.17) is 20.8 Å². The van der Waals surface area contributed by atoms with Gasteiger partial charge in [-0.2, -0.15) is 0 Å². The Morgan fingerprint density at radius 2 is 2.09 bits per heavy atom. The molecule has 0 radical (unpaired) electrons. The first-order chi connectivity index (χ1) is 16.4. The summed E-state index contributed by atoms with van der Waals surface area (Å²) in [6.07, 6.45) is 1.58. The smallest absolute Gasteiger partial charge is 0.271 e. The quantitative estimate of drug-likeness (QED) is 0.196. The number of nitro groups is 1. The highest BCUT2D eigenvalue weighted by atomic mass is 35.5. The zero-order valence-corrected chi connectivity index (χ0v) is 19.4. The lowest BCUT2D eigenvalue weighted by Crippen LogP contribution is -2.15. The minimum absolute atomic E-state index is 0.0204. The van der Waals surface area contributed by atoms with Crippen LogP contribution in [0.5, 0.6) is 5.75 Å². The minimum Gasteiger partial charge on any atom is -0.497 e. The van der Waals surface area contributed by atoms with E-state index in [-0.39, 0.29) is 22.2 Å². The van der Waals surface area contributed by atoms with Gasteiger partial charge >= 0.3 is 0 Å². The molecule has 0 aliphatic carbocycles. The van der Waals surface area contributed by atoms with Crippen LogP contribution in [0, 0.1) is 10.1 Å². The molecule has 0 aliphatic rings. The first kappa shape index (κ1) is 23.3. The van der Waals surface area contributed by atoms with E-state index in [9.17, 15) is 14.9 Å². The van der Waals surface area contributed by atoms with Crippen molar-refractivity contribution >= 4 is 40.6 Å². The van der Waals surface area contributed by atoms with Crippen molar-refractivity contribution in [1.82, 2.24) is 14.8 Å². The Kier molecular flexibility index (Phi) is 7.14. The van der Waals surface area contributed by atoms with E-state index in [1.807, 2.05) is 34.9 Å². The molecule has 0 atom stereocenters. The zero-order chi connectivity index (χ0) is 24.1. The number of carbonyl (C=O) groups is 1. The number of nitrogens with zero attached hydrogens (tertiary/aromatic N) is 4. The van der Waals surface area contributed by atoms with Crippen molar-refractivity contribution < 1.29 is 18.9 Å². The molecule has 2 heterocycles. The lowest BCUT2D eigenvalue weighted by Gasteiger charge is -2.10. The van der Waals surface area contributed by atoms with Gasteiger partial charge in [0.25, 0.3) is 5.69 Å². The first-order valence-electron chi connectivity index (χ1n) is 9.91. The van der Waals surface area contributed by atoms with Gasteiger partial charge in [-0.15, -0.1) is 10.2 Å². The molecule has 0 saturated heterocycles. The normalized spacial score (nSPS) is 10.8. The van der Waals surface area contributed by atoms with Crippen LogP contribution in [0.25, 0.3) is 11.4 Å². The summed E-state index contributed by atoms with van der Waals surface area (Å²) >= 11 is 7.24. The monoisotopic (exact) mass is 499 g/mol. The van der Waals surface area contributed by atoms with Gasteiger partial charge < -0.3 is 14.5 Å². The maximum atomic E-state index is 12.6. The number of anilines is 1. The number of benzene rings is 2. The molecule has 0 aliphatic heterocycles. The van der Waals surface area contributed by atoms with Crippen LogP contribution in [0.4, 0.5) is 11.4 Å². The van der Waals surface area contributed by atoms with Crippen molar-refractivity contribution in [3.63, 3.8) is 0 Å². The molecule has 4 aromatic rings. The first-order valence-corrected chi connectivity index (χ1v) is 11.3. The molecule has 12 heteroatoms. The molecule has 0 spiro atoms. The SMILES string of the molecule is COc1cccc(-c2nnc(SCC(=O)Nc3cc([N+](=O)[O-])ccc3Cl)n2Cc2ccco2)c1. The van der Waals surface area contributed by atoms with Gasteiger partial charge in [0.1, 0.15) is 11.5 Å². The standard InChI is InChI=1S/C22H18ClN5O5S/c1-32-16-5-2-4-14(10-16)21-25-26-22(27(21)12-17-6-3-9-33-17)34-13-20(29)24-19-11-15(28(30)31)7-8-18(19)23/h2-11H,12-13H2,1H3,(H,24,29). The summed E-state index contributed by atoms with van der Waals surface area (Å²) in [4.78, 5) is 23.0. The largest absolute Gasteiger partial charge is 0.497 e.